The molecule has 100 valence electrons. The van der Waals surface area contributed by atoms with Crippen LogP contribution in [0.4, 0.5) is 0 Å². The molecule has 0 saturated carbocycles. The maximum Gasteiger partial charge on any atom is 0.0978 e. The molecule has 0 radical (unpaired) electrons. The van der Waals surface area contributed by atoms with E-state index in [0.717, 1.165) is 29.4 Å². The summed E-state index contributed by atoms with van der Waals surface area (Å²) >= 11 is 7.78. The van der Waals surface area contributed by atoms with Crippen molar-refractivity contribution >= 4 is 22.9 Å². The van der Waals surface area contributed by atoms with Crippen molar-refractivity contribution in [3.05, 3.63) is 39.2 Å². The van der Waals surface area contributed by atoms with Crippen LogP contribution in [0, 0.1) is 6.92 Å². The molecule has 2 nitrogen and oxygen atoms in total. The number of aromatic nitrogens is 1. The summed E-state index contributed by atoms with van der Waals surface area (Å²) in [6, 6.07) is 7.95. The van der Waals surface area contributed by atoms with E-state index in [-0.39, 0.29) is 0 Å². The second-order valence-electron chi connectivity index (χ2n) is 5.01. The van der Waals surface area contributed by atoms with Crippen LogP contribution in [0.15, 0.2) is 24.3 Å². The molecule has 19 heavy (non-hydrogen) atoms. The first-order chi connectivity index (χ1) is 9.24. The van der Waals surface area contributed by atoms with Crippen LogP contribution in [-0.2, 0) is 0 Å². The Morgan fingerprint density at radius 2 is 2.11 bits per heavy atom. The summed E-state index contributed by atoms with van der Waals surface area (Å²) in [5.74, 6) is 0.582. The minimum atomic E-state index is 0.582. The molecule has 1 unspecified atom stereocenters. The second kappa shape index (κ2) is 5.61. The van der Waals surface area contributed by atoms with E-state index in [1.165, 1.54) is 22.7 Å². The number of thiazole rings is 1. The van der Waals surface area contributed by atoms with E-state index in [1.54, 1.807) is 0 Å². The Morgan fingerprint density at radius 3 is 2.79 bits per heavy atom. The first-order valence-electron chi connectivity index (χ1n) is 6.68. The van der Waals surface area contributed by atoms with Gasteiger partial charge in [0.05, 0.1) is 10.7 Å². The number of nitrogens with zero attached hydrogens (tertiary/aromatic N) is 1. The molecule has 0 amide bonds. The molecule has 1 aliphatic heterocycles. The molecule has 1 atom stereocenters. The Labute approximate surface area is 122 Å². The Kier molecular flexibility index (Phi) is 3.87. The summed E-state index contributed by atoms with van der Waals surface area (Å²) in [6.07, 6.45) is 2.50. The van der Waals surface area contributed by atoms with Gasteiger partial charge in [0, 0.05) is 27.9 Å². The molecule has 2 heterocycles. The van der Waals surface area contributed by atoms with Gasteiger partial charge in [0.25, 0.3) is 0 Å². The average Bonchev–Trinajstić information content (AvgIpc) is 2.83. The first-order valence-corrected chi connectivity index (χ1v) is 7.87. The lowest BCUT2D eigenvalue weighted by Gasteiger charge is -2.20. The van der Waals surface area contributed by atoms with Crippen molar-refractivity contribution in [2.24, 2.45) is 0 Å². The van der Waals surface area contributed by atoms with Gasteiger partial charge in [-0.3, -0.25) is 0 Å². The quantitative estimate of drug-likeness (QED) is 0.895. The third-order valence-corrected chi connectivity index (χ3v) is 4.96. The number of benzene rings is 1. The van der Waals surface area contributed by atoms with Crippen molar-refractivity contribution < 1.29 is 0 Å². The molecule has 1 saturated heterocycles. The Morgan fingerprint density at radius 1 is 1.32 bits per heavy atom. The van der Waals surface area contributed by atoms with E-state index < -0.39 is 0 Å². The van der Waals surface area contributed by atoms with Gasteiger partial charge in [-0.05, 0) is 38.4 Å². The monoisotopic (exact) mass is 292 g/mol. The predicted octanol–water partition coefficient (Wildman–Crippen LogP) is 4.24. The van der Waals surface area contributed by atoms with Gasteiger partial charge in [-0.15, -0.1) is 11.3 Å². The standard InChI is InChI=1S/C15H17ClN2S/c1-10-14(11-4-6-13(16)7-5-11)18-15(19-10)12-3-2-8-17-9-12/h4-7,12,17H,2-3,8-9H2,1H3. The van der Waals surface area contributed by atoms with E-state index in [2.05, 4.69) is 12.2 Å². The van der Waals surface area contributed by atoms with Gasteiger partial charge in [0.2, 0.25) is 0 Å². The van der Waals surface area contributed by atoms with E-state index >= 15 is 0 Å². The second-order valence-corrected chi connectivity index (χ2v) is 6.68. The number of nitrogens with one attached hydrogen (secondary N) is 1. The summed E-state index contributed by atoms with van der Waals surface area (Å²) < 4.78 is 0. The third kappa shape index (κ3) is 2.83. The molecular formula is C15H17ClN2S. The molecule has 3 rings (SSSR count). The highest BCUT2D eigenvalue weighted by Crippen LogP contribution is 2.33. The highest BCUT2D eigenvalue weighted by Gasteiger charge is 2.20. The molecule has 1 aliphatic rings. The number of aryl methyl sites for hydroxylation is 1. The minimum Gasteiger partial charge on any atom is -0.316 e. The maximum absolute atomic E-state index is 5.94. The molecule has 1 N–H and O–H groups in total. The van der Waals surface area contributed by atoms with E-state index in [4.69, 9.17) is 16.6 Å². The predicted molar refractivity (Wildman–Crippen MR) is 82.1 cm³/mol. The Bertz CT molecular complexity index is 556. The Hall–Kier alpha value is -0.900. The molecule has 1 fully saturated rings. The lowest BCUT2D eigenvalue weighted by molar-refractivity contribution is 0.460. The van der Waals surface area contributed by atoms with Crippen LogP contribution in [-0.4, -0.2) is 18.1 Å². The van der Waals surface area contributed by atoms with Crippen molar-refractivity contribution in [2.75, 3.05) is 13.1 Å². The fourth-order valence-corrected chi connectivity index (χ4v) is 3.73. The lowest BCUT2D eigenvalue weighted by Crippen LogP contribution is -2.28. The van der Waals surface area contributed by atoms with Crippen molar-refractivity contribution in [2.45, 2.75) is 25.7 Å². The highest BCUT2D eigenvalue weighted by atomic mass is 35.5. The Balaban J connectivity index is 1.90. The number of piperidine rings is 1. The van der Waals surface area contributed by atoms with Crippen LogP contribution in [0.1, 0.15) is 28.6 Å². The smallest absolute Gasteiger partial charge is 0.0978 e. The van der Waals surface area contributed by atoms with Gasteiger partial charge in [-0.1, -0.05) is 23.7 Å². The average molecular weight is 293 g/mol. The normalized spacial score (nSPS) is 19.6. The van der Waals surface area contributed by atoms with Crippen molar-refractivity contribution in [1.82, 2.24) is 10.3 Å². The fourth-order valence-electron chi connectivity index (χ4n) is 2.53. The fraction of sp³-hybridized carbons (Fsp3) is 0.400. The summed E-state index contributed by atoms with van der Waals surface area (Å²) in [5.41, 5.74) is 2.27. The van der Waals surface area contributed by atoms with Gasteiger partial charge in [0.15, 0.2) is 0 Å². The zero-order valence-corrected chi connectivity index (χ0v) is 12.5. The summed E-state index contributed by atoms with van der Waals surface area (Å²) in [6.45, 7) is 4.36. The number of hydrogen-bond acceptors (Lipinski definition) is 3. The molecule has 4 heteroatoms. The number of rotatable bonds is 2. The summed E-state index contributed by atoms with van der Waals surface area (Å²) in [7, 11) is 0. The maximum atomic E-state index is 5.94. The number of hydrogen-bond donors (Lipinski definition) is 1. The van der Waals surface area contributed by atoms with Gasteiger partial charge >= 0.3 is 0 Å². The topological polar surface area (TPSA) is 24.9 Å². The van der Waals surface area contributed by atoms with E-state index in [9.17, 15) is 0 Å². The van der Waals surface area contributed by atoms with Crippen molar-refractivity contribution in [3.63, 3.8) is 0 Å². The van der Waals surface area contributed by atoms with Crippen LogP contribution in [0.3, 0.4) is 0 Å². The van der Waals surface area contributed by atoms with Gasteiger partial charge in [-0.2, -0.15) is 0 Å². The molecule has 0 bridgehead atoms. The van der Waals surface area contributed by atoms with Crippen LogP contribution in [0.2, 0.25) is 5.02 Å². The van der Waals surface area contributed by atoms with Crippen molar-refractivity contribution in [3.8, 4) is 11.3 Å². The lowest BCUT2D eigenvalue weighted by atomic mass is 10.0. The molecule has 1 aromatic heterocycles. The molecule has 0 spiro atoms. The summed E-state index contributed by atoms with van der Waals surface area (Å²) in [4.78, 5) is 6.16. The van der Waals surface area contributed by atoms with Crippen LogP contribution >= 0.6 is 22.9 Å². The van der Waals surface area contributed by atoms with Gasteiger partial charge in [-0.25, -0.2) is 4.98 Å². The molecule has 2 aromatic rings. The number of halogens is 1. The molecule has 1 aromatic carbocycles. The van der Waals surface area contributed by atoms with Crippen molar-refractivity contribution in [1.29, 1.82) is 0 Å². The highest BCUT2D eigenvalue weighted by molar-refractivity contribution is 7.12. The van der Waals surface area contributed by atoms with Gasteiger partial charge in [0.1, 0.15) is 0 Å². The zero-order chi connectivity index (χ0) is 13.2. The molecule has 0 aliphatic carbocycles. The third-order valence-electron chi connectivity index (χ3n) is 3.58. The largest absolute Gasteiger partial charge is 0.316 e. The summed E-state index contributed by atoms with van der Waals surface area (Å²) in [5, 5.41) is 5.50. The van der Waals surface area contributed by atoms with Gasteiger partial charge < -0.3 is 5.32 Å². The van der Waals surface area contributed by atoms with Crippen LogP contribution < -0.4 is 5.32 Å². The first kappa shape index (κ1) is 13.1. The SMILES string of the molecule is Cc1sc(C2CCCNC2)nc1-c1ccc(Cl)cc1. The van der Waals surface area contributed by atoms with Crippen LogP contribution in [0.5, 0.6) is 0 Å². The molecular weight excluding hydrogens is 276 g/mol. The van der Waals surface area contributed by atoms with E-state index in [0.29, 0.717) is 5.92 Å². The zero-order valence-electron chi connectivity index (χ0n) is 10.9. The minimum absolute atomic E-state index is 0.582. The van der Waals surface area contributed by atoms with Crippen LogP contribution in [0.25, 0.3) is 11.3 Å². The van der Waals surface area contributed by atoms with E-state index in [1.807, 2.05) is 35.6 Å².